The van der Waals surface area contributed by atoms with E-state index in [4.69, 9.17) is 4.74 Å². The number of rotatable bonds is 6. The predicted octanol–water partition coefficient (Wildman–Crippen LogP) is 3.71. The molecule has 1 aliphatic carbocycles. The molecule has 3 nitrogen and oxygen atoms in total. The molecule has 1 aliphatic heterocycles. The fraction of sp³-hybridized carbons (Fsp3) is 0.455. The average Bonchev–Trinajstić information content (AvgIpc) is 3.49. The smallest absolute Gasteiger partial charge is 0.149 e. The Labute approximate surface area is 155 Å². The zero-order valence-electron chi connectivity index (χ0n) is 15.0. The molecular formula is C22H27O3P. The lowest BCUT2D eigenvalue weighted by atomic mass is 9.85. The van der Waals surface area contributed by atoms with Crippen LogP contribution in [0, 0.1) is 5.92 Å². The summed E-state index contributed by atoms with van der Waals surface area (Å²) in [6.07, 6.45) is 5.59. The van der Waals surface area contributed by atoms with Gasteiger partial charge in [-0.05, 0) is 18.8 Å². The minimum Gasteiger partial charge on any atom is -0.394 e. The summed E-state index contributed by atoms with van der Waals surface area (Å²) < 4.78 is 20.6. The quantitative estimate of drug-likeness (QED) is 0.623. The number of ether oxygens (including phenoxy) is 1. The second kappa shape index (κ2) is 7.68. The normalized spacial score (nSPS) is 25.0. The number of aliphatic hydroxyl groups excluding tert-OH is 1. The highest BCUT2D eigenvalue weighted by Crippen LogP contribution is 2.58. The van der Waals surface area contributed by atoms with Crippen molar-refractivity contribution in [2.75, 3.05) is 6.61 Å². The molecule has 26 heavy (non-hydrogen) atoms. The number of benzene rings is 2. The van der Waals surface area contributed by atoms with Gasteiger partial charge in [0.05, 0.1) is 18.4 Å². The van der Waals surface area contributed by atoms with Crippen molar-refractivity contribution < 1.29 is 14.4 Å². The molecule has 1 saturated carbocycles. The van der Waals surface area contributed by atoms with E-state index < -0.39 is 7.14 Å². The van der Waals surface area contributed by atoms with Gasteiger partial charge >= 0.3 is 0 Å². The molecule has 0 bridgehead atoms. The number of hydrogen-bond donors (Lipinski definition) is 1. The third kappa shape index (κ3) is 3.29. The van der Waals surface area contributed by atoms with Crippen molar-refractivity contribution in [3.8, 4) is 0 Å². The highest BCUT2D eigenvalue weighted by Gasteiger charge is 2.55. The number of hydrogen-bond acceptors (Lipinski definition) is 3. The molecule has 1 saturated heterocycles. The van der Waals surface area contributed by atoms with Gasteiger partial charge in [0, 0.05) is 10.6 Å². The summed E-state index contributed by atoms with van der Waals surface area (Å²) in [6, 6.07) is 19.8. The minimum absolute atomic E-state index is 0.0114. The summed E-state index contributed by atoms with van der Waals surface area (Å²) >= 11 is 0. The van der Waals surface area contributed by atoms with Gasteiger partial charge < -0.3 is 14.4 Å². The van der Waals surface area contributed by atoms with Gasteiger partial charge in [-0.3, -0.25) is 0 Å². The van der Waals surface area contributed by atoms with Crippen LogP contribution in [0.25, 0.3) is 0 Å². The molecule has 0 radical (unpaired) electrons. The van der Waals surface area contributed by atoms with E-state index in [1.54, 1.807) is 0 Å². The van der Waals surface area contributed by atoms with Crippen LogP contribution < -0.4 is 10.6 Å². The Kier molecular flexibility index (Phi) is 5.31. The van der Waals surface area contributed by atoms with E-state index in [2.05, 4.69) is 0 Å². The first kappa shape index (κ1) is 18.0. The van der Waals surface area contributed by atoms with Crippen LogP contribution in [0.4, 0.5) is 0 Å². The highest BCUT2D eigenvalue weighted by molar-refractivity contribution is 7.79. The van der Waals surface area contributed by atoms with Gasteiger partial charge in [-0.15, -0.1) is 0 Å². The Morgan fingerprint density at radius 3 is 1.92 bits per heavy atom. The van der Waals surface area contributed by atoms with E-state index in [1.165, 1.54) is 19.3 Å². The molecule has 1 heterocycles. The Morgan fingerprint density at radius 2 is 1.46 bits per heavy atom. The van der Waals surface area contributed by atoms with E-state index in [1.807, 2.05) is 60.7 Å². The first-order chi connectivity index (χ1) is 12.7. The maximum Gasteiger partial charge on any atom is 0.149 e. The summed E-state index contributed by atoms with van der Waals surface area (Å²) in [5.74, 6) is 0.386. The predicted molar refractivity (Wildman–Crippen MR) is 106 cm³/mol. The summed E-state index contributed by atoms with van der Waals surface area (Å²) in [6.45, 7) is 0.0114. The minimum atomic E-state index is -2.88. The molecule has 0 amide bonds. The molecule has 0 aromatic heterocycles. The molecule has 0 spiro atoms. The van der Waals surface area contributed by atoms with Crippen molar-refractivity contribution >= 4 is 17.8 Å². The van der Waals surface area contributed by atoms with Gasteiger partial charge in [0.2, 0.25) is 0 Å². The number of epoxide rings is 1. The second-order valence-corrected chi connectivity index (χ2v) is 10.5. The van der Waals surface area contributed by atoms with Gasteiger partial charge in [0.1, 0.15) is 13.2 Å². The lowest BCUT2D eigenvalue weighted by Gasteiger charge is -2.36. The number of aliphatic hydroxyl groups is 1. The monoisotopic (exact) mass is 370 g/mol. The van der Waals surface area contributed by atoms with Crippen molar-refractivity contribution in [3.63, 3.8) is 0 Å². The van der Waals surface area contributed by atoms with E-state index in [0.717, 1.165) is 23.5 Å². The molecule has 2 aromatic carbocycles. The fourth-order valence-corrected chi connectivity index (χ4v) is 8.43. The van der Waals surface area contributed by atoms with Crippen LogP contribution in [-0.2, 0) is 9.30 Å². The van der Waals surface area contributed by atoms with Gasteiger partial charge in [0.25, 0.3) is 0 Å². The van der Waals surface area contributed by atoms with Gasteiger partial charge in [-0.2, -0.15) is 0 Å². The van der Waals surface area contributed by atoms with Crippen molar-refractivity contribution in [2.24, 2.45) is 5.92 Å². The van der Waals surface area contributed by atoms with Crippen LogP contribution in [0.5, 0.6) is 0 Å². The average molecular weight is 370 g/mol. The molecule has 3 atom stereocenters. The Hall–Kier alpha value is -1.41. The summed E-state index contributed by atoms with van der Waals surface area (Å²) in [4.78, 5) is 0. The third-order valence-corrected chi connectivity index (χ3v) is 9.66. The topological polar surface area (TPSA) is 49.8 Å². The molecule has 2 fully saturated rings. The zero-order valence-corrected chi connectivity index (χ0v) is 15.9. The molecule has 4 heteroatoms. The second-order valence-electron chi connectivity index (χ2n) is 7.54. The lowest BCUT2D eigenvalue weighted by Crippen LogP contribution is -2.37. The summed E-state index contributed by atoms with van der Waals surface area (Å²) in [5, 5.41) is 11.4. The van der Waals surface area contributed by atoms with Gasteiger partial charge in [-0.25, -0.2) is 0 Å². The van der Waals surface area contributed by atoms with Crippen molar-refractivity contribution in [2.45, 2.75) is 50.0 Å². The van der Waals surface area contributed by atoms with E-state index in [9.17, 15) is 9.67 Å². The zero-order chi connectivity index (χ0) is 18.0. The molecule has 1 N–H and O–H groups in total. The summed E-state index contributed by atoms with van der Waals surface area (Å²) in [7, 11) is -2.88. The summed E-state index contributed by atoms with van der Waals surface area (Å²) in [5.41, 5.74) is -0.0512. The van der Waals surface area contributed by atoms with Crippen LogP contribution in [-0.4, -0.2) is 29.6 Å². The molecule has 2 aromatic rings. The lowest BCUT2D eigenvalue weighted by molar-refractivity contribution is 0.239. The Balaban J connectivity index is 1.83. The first-order valence-electron chi connectivity index (χ1n) is 9.72. The maximum absolute atomic E-state index is 14.8. The third-order valence-electron chi connectivity index (χ3n) is 5.97. The van der Waals surface area contributed by atoms with Crippen molar-refractivity contribution in [3.05, 3.63) is 60.7 Å². The fourth-order valence-electron chi connectivity index (χ4n) is 4.64. The van der Waals surface area contributed by atoms with Gasteiger partial charge in [-0.1, -0.05) is 79.9 Å². The molecule has 0 unspecified atom stereocenters. The van der Waals surface area contributed by atoms with Crippen molar-refractivity contribution in [1.82, 2.24) is 0 Å². The highest BCUT2D eigenvalue weighted by atomic mass is 31.2. The van der Waals surface area contributed by atoms with Gasteiger partial charge in [0.15, 0.2) is 0 Å². The molecule has 4 rings (SSSR count). The largest absolute Gasteiger partial charge is 0.394 e. The van der Waals surface area contributed by atoms with Crippen LogP contribution >= 0.6 is 7.14 Å². The van der Waals surface area contributed by atoms with Crippen LogP contribution in [0.15, 0.2) is 60.7 Å². The van der Waals surface area contributed by atoms with E-state index in [-0.39, 0.29) is 24.5 Å². The van der Waals surface area contributed by atoms with E-state index in [0.29, 0.717) is 5.92 Å². The van der Waals surface area contributed by atoms with Crippen molar-refractivity contribution in [1.29, 1.82) is 0 Å². The van der Waals surface area contributed by atoms with Crippen LogP contribution in [0.3, 0.4) is 0 Å². The first-order valence-corrected chi connectivity index (χ1v) is 11.5. The van der Waals surface area contributed by atoms with Crippen LogP contribution in [0.1, 0.15) is 32.1 Å². The molecule has 2 aliphatic rings. The Morgan fingerprint density at radius 1 is 0.923 bits per heavy atom. The molecule has 138 valence electrons. The Bertz CT molecular complexity index is 712. The standard InChI is InChI=1S/C22H27O3P/c23-16-20-21(25-20)22(17-10-4-1-5-11-17)26(24,18-12-6-2-7-13-18)19-14-8-3-9-15-19/h2-3,6-9,12-15,17,20-23H,1,4-5,10-11,16H2/t20-,21+,22-/m0/s1. The maximum atomic E-state index is 14.8. The molecular weight excluding hydrogens is 343 g/mol. The van der Waals surface area contributed by atoms with Crippen LogP contribution in [0.2, 0.25) is 0 Å². The van der Waals surface area contributed by atoms with E-state index >= 15 is 0 Å². The SMILES string of the molecule is O=P(c1ccccc1)(c1ccccc1)[C@@H](C1CCCCC1)[C@@H]1O[C@H]1CO.